The van der Waals surface area contributed by atoms with E-state index in [1.165, 1.54) is 16.7 Å². The van der Waals surface area contributed by atoms with Crippen LogP contribution in [-0.4, -0.2) is 130 Å². The number of primary amides is 1. The van der Waals surface area contributed by atoms with Crippen molar-refractivity contribution in [2.75, 3.05) is 13.1 Å². The first-order valence-electron chi connectivity index (χ1n) is 21.8. The summed E-state index contributed by atoms with van der Waals surface area (Å²) in [6.45, 7) is 8.68. The molecule has 342 valence electrons. The minimum absolute atomic E-state index is 0.00719. The van der Waals surface area contributed by atoms with Crippen LogP contribution in [0.3, 0.4) is 0 Å². The van der Waals surface area contributed by atoms with Gasteiger partial charge in [0.1, 0.15) is 54.5 Å². The van der Waals surface area contributed by atoms with Crippen LogP contribution in [0, 0.1) is 11.8 Å². The fraction of sp³-hybridized carbons (Fsp3) is 0.556. The molecule has 0 unspecified atom stereocenters. The number of aliphatic hydroxyl groups is 1. The predicted molar refractivity (Wildman–Crippen MR) is 229 cm³/mol. The third-order valence-corrected chi connectivity index (χ3v) is 11.9. The van der Waals surface area contributed by atoms with Crippen LogP contribution < -0.4 is 32.3 Å². The first-order valence-corrected chi connectivity index (χ1v) is 21.8. The maximum absolute atomic E-state index is 14.5. The standard InChI is InChI=1S/C45H62N8O10/c1-6-26(4)36-44(61)52-19-13-18-32(52)42(59)49-30(21-28-14-9-7-10-15-28)40(57)48-31(22-35(46)54)41(58)51-37-38(55)34(63-24-29-16-11-8-12-17-29)23-53(45(37)62)33(20-25(2)3)43(60)47-27(5)39(56)50-36/h7-12,14-17,25-27,30-34,36-38,55H,6,13,18-24H2,1-5H3,(H2,46,54)(H,47,60)(H,48,57)(H,49,59)(H,50,56)(H,51,58)/t26-,27-,30-,31-,32-,33-,34+,36-,37-,38+/m0/s1. The highest BCUT2D eigenvalue weighted by molar-refractivity contribution is 6.00. The first kappa shape index (κ1) is 48.2. The van der Waals surface area contributed by atoms with Crippen LogP contribution in [0.1, 0.15) is 77.8 Å². The van der Waals surface area contributed by atoms with E-state index in [1.807, 2.05) is 26.8 Å². The number of nitrogens with zero attached hydrogens (tertiary/aromatic N) is 2. The number of aliphatic hydroxyl groups excluding tert-OH is 1. The third-order valence-electron chi connectivity index (χ3n) is 11.9. The number of piperidine rings is 1. The molecule has 63 heavy (non-hydrogen) atoms. The Morgan fingerprint density at radius 1 is 0.778 bits per heavy atom. The Hall–Kier alpha value is -5.88. The van der Waals surface area contributed by atoms with E-state index in [4.69, 9.17) is 10.5 Å². The van der Waals surface area contributed by atoms with Gasteiger partial charge in [-0.15, -0.1) is 0 Å². The van der Waals surface area contributed by atoms with Gasteiger partial charge in [-0.2, -0.15) is 0 Å². The minimum Gasteiger partial charge on any atom is -0.388 e. The highest BCUT2D eigenvalue weighted by Crippen LogP contribution is 2.25. The Bertz CT molecular complexity index is 1970. The molecule has 0 saturated carbocycles. The molecule has 2 aromatic carbocycles. The Balaban J connectivity index is 1.58. The largest absolute Gasteiger partial charge is 0.388 e. The van der Waals surface area contributed by atoms with Gasteiger partial charge in [0.15, 0.2) is 0 Å². The van der Waals surface area contributed by atoms with Crippen LogP contribution in [0.15, 0.2) is 60.7 Å². The van der Waals surface area contributed by atoms with E-state index in [-0.39, 0.29) is 44.9 Å². The molecule has 3 aliphatic rings. The zero-order valence-electron chi connectivity index (χ0n) is 36.6. The lowest BCUT2D eigenvalue weighted by Gasteiger charge is -2.44. The molecule has 3 heterocycles. The summed E-state index contributed by atoms with van der Waals surface area (Å²) in [5.41, 5.74) is 6.96. The van der Waals surface area contributed by atoms with Crippen molar-refractivity contribution in [3.63, 3.8) is 0 Å². The molecular weight excluding hydrogens is 813 g/mol. The zero-order valence-corrected chi connectivity index (χ0v) is 36.6. The van der Waals surface area contributed by atoms with Gasteiger partial charge in [0.2, 0.25) is 47.3 Å². The van der Waals surface area contributed by atoms with E-state index >= 15 is 0 Å². The zero-order chi connectivity index (χ0) is 46.0. The van der Waals surface area contributed by atoms with Crippen LogP contribution in [0.25, 0.3) is 0 Å². The molecule has 18 nitrogen and oxygen atoms in total. The van der Waals surface area contributed by atoms with Crippen molar-refractivity contribution in [3.8, 4) is 0 Å². The fourth-order valence-corrected chi connectivity index (χ4v) is 8.19. The maximum atomic E-state index is 14.5. The van der Waals surface area contributed by atoms with Gasteiger partial charge in [-0.1, -0.05) is 94.8 Å². The molecule has 5 rings (SSSR count). The van der Waals surface area contributed by atoms with Crippen molar-refractivity contribution in [2.24, 2.45) is 17.6 Å². The molecule has 0 radical (unpaired) electrons. The Labute approximate surface area is 367 Å². The monoisotopic (exact) mass is 874 g/mol. The van der Waals surface area contributed by atoms with E-state index in [0.717, 1.165) is 5.56 Å². The molecule has 2 bridgehead atoms. The van der Waals surface area contributed by atoms with Crippen molar-refractivity contribution in [3.05, 3.63) is 71.8 Å². The summed E-state index contributed by atoms with van der Waals surface area (Å²) in [5.74, 6) is -6.88. The van der Waals surface area contributed by atoms with Crippen LogP contribution in [0.5, 0.6) is 0 Å². The van der Waals surface area contributed by atoms with Gasteiger partial charge < -0.3 is 52.0 Å². The predicted octanol–water partition coefficient (Wildman–Crippen LogP) is -0.198. The number of carbonyl (C=O) groups is 8. The van der Waals surface area contributed by atoms with Crippen molar-refractivity contribution in [2.45, 2.75) is 134 Å². The molecule has 3 fully saturated rings. The van der Waals surface area contributed by atoms with Gasteiger partial charge in [0.05, 0.1) is 19.6 Å². The van der Waals surface area contributed by atoms with Crippen molar-refractivity contribution in [1.29, 1.82) is 0 Å². The van der Waals surface area contributed by atoms with Crippen molar-refractivity contribution >= 4 is 47.3 Å². The minimum atomic E-state index is -1.74. The Kier molecular flexibility index (Phi) is 16.8. The smallest absolute Gasteiger partial charge is 0.248 e. The average Bonchev–Trinajstić information content (AvgIpc) is 3.75. The highest BCUT2D eigenvalue weighted by Gasteiger charge is 2.48. The van der Waals surface area contributed by atoms with E-state index in [2.05, 4.69) is 26.6 Å². The summed E-state index contributed by atoms with van der Waals surface area (Å²) < 4.78 is 6.17. The highest BCUT2D eigenvalue weighted by atomic mass is 16.5. The van der Waals surface area contributed by atoms with E-state index < -0.39 is 114 Å². The summed E-state index contributed by atoms with van der Waals surface area (Å²) in [6.07, 6.45) is -2.31. The number of nitrogens with one attached hydrogen (secondary N) is 5. The SMILES string of the molecule is CC[C@H](C)[C@@H]1NC(=O)[C@H](C)NC(=O)[C@H](CC(C)C)N2C[C@@H](OCc3ccccc3)[C@@H](O)[C@H](NC(=O)[C@H](CC(N)=O)NC(=O)[C@H](Cc3ccccc3)NC(=O)[C@@H]3CCCN3C1=O)C2=O. The lowest BCUT2D eigenvalue weighted by molar-refractivity contribution is -0.165. The van der Waals surface area contributed by atoms with Gasteiger partial charge in [-0.3, -0.25) is 38.4 Å². The molecule has 3 aliphatic heterocycles. The number of amides is 8. The quantitative estimate of drug-likeness (QED) is 0.157. The van der Waals surface area contributed by atoms with Gasteiger partial charge in [0.25, 0.3) is 0 Å². The van der Waals surface area contributed by atoms with Crippen LogP contribution in [-0.2, 0) is 56.1 Å². The fourth-order valence-electron chi connectivity index (χ4n) is 8.19. The molecule has 8 N–H and O–H groups in total. The molecule has 18 heteroatoms. The summed E-state index contributed by atoms with van der Waals surface area (Å²) >= 11 is 0. The molecule has 0 aliphatic carbocycles. The number of carbonyl (C=O) groups excluding carboxylic acids is 8. The molecule has 8 amide bonds. The Morgan fingerprint density at radius 2 is 1.40 bits per heavy atom. The molecule has 10 atom stereocenters. The average molecular weight is 875 g/mol. The number of benzene rings is 2. The molecule has 0 aromatic heterocycles. The number of rotatable bonds is 11. The summed E-state index contributed by atoms with van der Waals surface area (Å²) in [6, 6.07) is 8.47. The van der Waals surface area contributed by atoms with Gasteiger partial charge in [-0.25, -0.2) is 0 Å². The second kappa shape index (κ2) is 22.0. The molecule has 0 spiro atoms. The summed E-state index contributed by atoms with van der Waals surface area (Å²) in [7, 11) is 0. The van der Waals surface area contributed by atoms with E-state index in [1.54, 1.807) is 61.5 Å². The lowest BCUT2D eigenvalue weighted by atomic mass is 9.93. The maximum Gasteiger partial charge on any atom is 0.248 e. The second-order valence-corrected chi connectivity index (χ2v) is 17.2. The van der Waals surface area contributed by atoms with Gasteiger partial charge >= 0.3 is 0 Å². The summed E-state index contributed by atoms with van der Waals surface area (Å²) in [5, 5.41) is 25.1. The van der Waals surface area contributed by atoms with E-state index in [0.29, 0.717) is 18.4 Å². The van der Waals surface area contributed by atoms with Crippen LogP contribution in [0.4, 0.5) is 0 Å². The summed E-state index contributed by atoms with van der Waals surface area (Å²) in [4.78, 5) is 115. The third kappa shape index (κ3) is 12.4. The lowest BCUT2D eigenvalue weighted by Crippen LogP contribution is -2.69. The number of fused-ring (bicyclic) bond motifs is 3. The van der Waals surface area contributed by atoms with Crippen LogP contribution in [0.2, 0.25) is 0 Å². The molecule has 2 aromatic rings. The molecule has 3 saturated heterocycles. The number of nitrogens with two attached hydrogens (primary N) is 1. The number of ether oxygens (including phenoxy) is 1. The second-order valence-electron chi connectivity index (χ2n) is 17.2. The van der Waals surface area contributed by atoms with Gasteiger partial charge in [-0.05, 0) is 49.1 Å². The van der Waals surface area contributed by atoms with Crippen molar-refractivity contribution < 1.29 is 48.2 Å². The number of hydrogen-bond acceptors (Lipinski definition) is 10. The van der Waals surface area contributed by atoms with E-state index in [9.17, 15) is 43.5 Å². The van der Waals surface area contributed by atoms with Gasteiger partial charge in [0, 0.05) is 13.0 Å². The van der Waals surface area contributed by atoms with Crippen LogP contribution >= 0.6 is 0 Å². The first-order chi connectivity index (χ1) is 30.0. The number of hydrogen-bond donors (Lipinski definition) is 7. The normalized spacial score (nSPS) is 28.5. The topological polar surface area (TPSA) is 259 Å². The molecular formula is C45H62N8O10. The Morgan fingerprint density at radius 3 is 2.02 bits per heavy atom. The van der Waals surface area contributed by atoms with Crippen molar-refractivity contribution in [1.82, 2.24) is 36.4 Å².